The first kappa shape index (κ1) is 18.3. The highest BCUT2D eigenvalue weighted by atomic mass is 19.1. The number of nitrogens with one attached hydrogen (secondary N) is 2. The number of halogens is 2. The van der Waals surface area contributed by atoms with E-state index in [9.17, 15) is 23.2 Å². The summed E-state index contributed by atoms with van der Waals surface area (Å²) in [7, 11) is 1.08. The Kier molecular flexibility index (Phi) is 4.76. The normalized spacial score (nSPS) is 16.3. The van der Waals surface area contributed by atoms with E-state index in [1.54, 1.807) is 12.1 Å². The van der Waals surface area contributed by atoms with Gasteiger partial charge in [0.25, 0.3) is 11.8 Å². The molecular formula is C18H15F2N3O4. The molecule has 1 fully saturated rings. The minimum absolute atomic E-state index is 0.114. The summed E-state index contributed by atoms with van der Waals surface area (Å²) in [4.78, 5) is 37.6. The van der Waals surface area contributed by atoms with Crippen molar-refractivity contribution in [1.82, 2.24) is 5.32 Å². The Labute approximate surface area is 152 Å². The Morgan fingerprint density at radius 1 is 1.19 bits per heavy atom. The molecule has 27 heavy (non-hydrogen) atoms. The lowest BCUT2D eigenvalue weighted by Gasteiger charge is -2.18. The van der Waals surface area contributed by atoms with Gasteiger partial charge in [-0.2, -0.15) is 0 Å². The molecule has 0 spiro atoms. The van der Waals surface area contributed by atoms with Crippen LogP contribution in [-0.2, 0) is 4.79 Å². The summed E-state index contributed by atoms with van der Waals surface area (Å²) >= 11 is 0. The third kappa shape index (κ3) is 3.19. The first-order valence-corrected chi connectivity index (χ1v) is 7.92. The number of hydrogen-bond acceptors (Lipinski definition) is 4. The Morgan fingerprint density at radius 3 is 2.52 bits per heavy atom. The number of amides is 4. The van der Waals surface area contributed by atoms with Crippen LogP contribution in [0.5, 0.6) is 5.75 Å². The standard InChI is InChI=1S/C18H15F2N3O4/c1-9-17(25)23(18(26)21-9)13-6-4-3-5-12(13)22-16(24)10-7-8-11(19)15(27-2)14(10)20/h3-9H,1-2H3,(H,21,26)(H,22,24). The number of carbonyl (C=O) groups is 3. The molecule has 1 saturated heterocycles. The van der Waals surface area contributed by atoms with Gasteiger partial charge < -0.3 is 15.4 Å². The minimum Gasteiger partial charge on any atom is -0.491 e. The first-order valence-electron chi connectivity index (χ1n) is 7.92. The van der Waals surface area contributed by atoms with Crippen molar-refractivity contribution in [2.45, 2.75) is 13.0 Å². The fraction of sp³-hybridized carbons (Fsp3) is 0.167. The number of methoxy groups -OCH3 is 1. The Hall–Kier alpha value is -3.49. The average molecular weight is 375 g/mol. The topological polar surface area (TPSA) is 87.7 Å². The Bertz CT molecular complexity index is 948. The summed E-state index contributed by atoms with van der Waals surface area (Å²) in [5.41, 5.74) is -0.205. The zero-order chi connectivity index (χ0) is 19.7. The molecule has 7 nitrogen and oxygen atoms in total. The zero-order valence-corrected chi connectivity index (χ0v) is 14.4. The molecule has 1 unspecified atom stereocenters. The van der Waals surface area contributed by atoms with Crippen molar-refractivity contribution in [2.24, 2.45) is 0 Å². The van der Waals surface area contributed by atoms with Gasteiger partial charge in [-0.3, -0.25) is 9.59 Å². The van der Waals surface area contributed by atoms with Crippen molar-refractivity contribution >= 4 is 29.2 Å². The predicted octanol–water partition coefficient (Wildman–Crippen LogP) is 2.67. The van der Waals surface area contributed by atoms with Gasteiger partial charge in [0.05, 0.1) is 24.0 Å². The highest BCUT2D eigenvalue weighted by Gasteiger charge is 2.37. The molecule has 4 amide bonds. The van der Waals surface area contributed by atoms with E-state index in [2.05, 4.69) is 15.4 Å². The Morgan fingerprint density at radius 2 is 1.89 bits per heavy atom. The number of benzene rings is 2. The summed E-state index contributed by atoms with van der Waals surface area (Å²) < 4.78 is 32.5. The van der Waals surface area contributed by atoms with Gasteiger partial charge in [-0.05, 0) is 31.2 Å². The minimum atomic E-state index is -1.16. The van der Waals surface area contributed by atoms with Crippen LogP contribution in [0.25, 0.3) is 0 Å². The number of anilines is 2. The van der Waals surface area contributed by atoms with Crippen LogP contribution in [0.3, 0.4) is 0 Å². The third-order valence-corrected chi connectivity index (χ3v) is 4.02. The lowest BCUT2D eigenvalue weighted by atomic mass is 10.1. The molecule has 2 aromatic rings. The zero-order valence-electron chi connectivity index (χ0n) is 14.4. The fourth-order valence-electron chi connectivity index (χ4n) is 2.69. The lowest BCUT2D eigenvalue weighted by molar-refractivity contribution is -0.117. The van der Waals surface area contributed by atoms with Crippen LogP contribution in [0.1, 0.15) is 17.3 Å². The lowest BCUT2D eigenvalue weighted by Crippen LogP contribution is -2.32. The van der Waals surface area contributed by atoms with Crippen molar-refractivity contribution in [3.8, 4) is 5.75 Å². The van der Waals surface area contributed by atoms with Crippen LogP contribution >= 0.6 is 0 Å². The summed E-state index contributed by atoms with van der Waals surface area (Å²) in [6, 6.07) is 6.60. The number of imide groups is 1. The Balaban J connectivity index is 1.95. The maximum absolute atomic E-state index is 14.3. The molecule has 0 aliphatic carbocycles. The molecule has 9 heteroatoms. The third-order valence-electron chi connectivity index (χ3n) is 4.02. The van der Waals surface area contributed by atoms with Crippen LogP contribution in [0, 0.1) is 11.6 Å². The summed E-state index contributed by atoms with van der Waals surface area (Å²) in [5.74, 6) is -4.16. The predicted molar refractivity (Wildman–Crippen MR) is 92.8 cm³/mol. The summed E-state index contributed by atoms with van der Waals surface area (Å²) in [5, 5.41) is 4.90. The van der Waals surface area contributed by atoms with Crippen LogP contribution in [0.15, 0.2) is 36.4 Å². The molecule has 3 rings (SSSR count). The molecule has 1 aliphatic heterocycles. The van der Waals surface area contributed by atoms with Gasteiger partial charge in [0.1, 0.15) is 6.04 Å². The molecule has 1 aliphatic rings. The van der Waals surface area contributed by atoms with Crippen LogP contribution in [0.2, 0.25) is 0 Å². The van der Waals surface area contributed by atoms with Crippen LogP contribution in [-0.4, -0.2) is 31.0 Å². The maximum atomic E-state index is 14.3. The number of carbonyl (C=O) groups excluding carboxylic acids is 3. The quantitative estimate of drug-likeness (QED) is 0.805. The van der Waals surface area contributed by atoms with Gasteiger partial charge in [-0.1, -0.05) is 12.1 Å². The van der Waals surface area contributed by atoms with Gasteiger partial charge in [0, 0.05) is 0 Å². The second kappa shape index (κ2) is 7.02. The van der Waals surface area contributed by atoms with Crippen molar-refractivity contribution in [3.05, 3.63) is 53.6 Å². The smallest absolute Gasteiger partial charge is 0.329 e. The average Bonchev–Trinajstić information content (AvgIpc) is 2.88. The van der Waals surface area contributed by atoms with E-state index in [1.807, 2.05) is 0 Å². The number of ether oxygens (including phenoxy) is 1. The second-order valence-corrected chi connectivity index (χ2v) is 5.76. The largest absolute Gasteiger partial charge is 0.491 e. The van der Waals surface area contributed by atoms with E-state index < -0.39 is 46.8 Å². The number of rotatable bonds is 4. The van der Waals surface area contributed by atoms with Gasteiger partial charge >= 0.3 is 6.03 Å². The number of nitrogens with zero attached hydrogens (tertiary/aromatic N) is 1. The number of hydrogen-bond donors (Lipinski definition) is 2. The molecule has 1 heterocycles. The SMILES string of the molecule is COc1c(F)ccc(C(=O)Nc2ccccc2N2C(=O)NC(C)C2=O)c1F. The highest BCUT2D eigenvalue weighted by molar-refractivity contribution is 6.23. The van der Waals surface area contributed by atoms with E-state index in [0.717, 1.165) is 24.1 Å². The van der Waals surface area contributed by atoms with Crippen LogP contribution in [0.4, 0.5) is 25.0 Å². The summed E-state index contributed by atoms with van der Waals surface area (Å²) in [6.45, 7) is 1.53. The van der Waals surface area contributed by atoms with Crippen molar-refractivity contribution < 1.29 is 27.9 Å². The molecule has 1 atom stereocenters. The van der Waals surface area contributed by atoms with Crippen molar-refractivity contribution in [3.63, 3.8) is 0 Å². The fourth-order valence-corrected chi connectivity index (χ4v) is 2.69. The molecule has 140 valence electrons. The summed E-state index contributed by atoms with van der Waals surface area (Å²) in [6.07, 6.45) is 0. The highest BCUT2D eigenvalue weighted by Crippen LogP contribution is 2.30. The first-order chi connectivity index (χ1) is 12.8. The van der Waals surface area contributed by atoms with E-state index >= 15 is 0 Å². The maximum Gasteiger partial charge on any atom is 0.329 e. The molecule has 0 saturated carbocycles. The molecular weight excluding hydrogens is 360 g/mol. The van der Waals surface area contributed by atoms with Gasteiger partial charge in [0.2, 0.25) is 0 Å². The number of urea groups is 1. The van der Waals surface area contributed by atoms with Gasteiger partial charge in [-0.15, -0.1) is 0 Å². The van der Waals surface area contributed by atoms with E-state index in [4.69, 9.17) is 0 Å². The van der Waals surface area contributed by atoms with E-state index in [0.29, 0.717) is 0 Å². The van der Waals surface area contributed by atoms with E-state index in [1.165, 1.54) is 19.1 Å². The van der Waals surface area contributed by atoms with Crippen LogP contribution < -0.4 is 20.3 Å². The molecule has 0 aromatic heterocycles. The number of para-hydroxylation sites is 2. The molecule has 2 aromatic carbocycles. The van der Waals surface area contributed by atoms with Crippen molar-refractivity contribution in [1.29, 1.82) is 0 Å². The molecule has 0 radical (unpaired) electrons. The molecule has 2 N–H and O–H groups in total. The van der Waals surface area contributed by atoms with Crippen molar-refractivity contribution in [2.75, 3.05) is 17.3 Å². The second-order valence-electron chi connectivity index (χ2n) is 5.76. The van der Waals surface area contributed by atoms with Gasteiger partial charge in [-0.25, -0.2) is 18.5 Å². The monoisotopic (exact) mass is 375 g/mol. The molecule has 0 bridgehead atoms. The van der Waals surface area contributed by atoms with Gasteiger partial charge in [0.15, 0.2) is 17.4 Å². The van der Waals surface area contributed by atoms with E-state index in [-0.39, 0.29) is 11.4 Å².